The highest BCUT2D eigenvalue weighted by atomic mass is 19.1. The Morgan fingerprint density at radius 1 is 1.42 bits per heavy atom. The van der Waals surface area contributed by atoms with Crippen molar-refractivity contribution >= 4 is 5.91 Å². The first-order valence-corrected chi connectivity index (χ1v) is 6.30. The second-order valence-corrected chi connectivity index (χ2v) is 5.00. The number of carbonyl (C=O) groups is 1. The smallest absolute Gasteiger partial charge is 0.237 e. The zero-order chi connectivity index (χ0) is 14.5. The molecule has 19 heavy (non-hydrogen) atoms. The summed E-state index contributed by atoms with van der Waals surface area (Å²) in [5.74, 6) is -0.275. The van der Waals surface area contributed by atoms with E-state index in [9.17, 15) is 9.18 Å². The van der Waals surface area contributed by atoms with Crippen LogP contribution in [-0.4, -0.2) is 18.1 Å². The van der Waals surface area contributed by atoms with Crippen LogP contribution in [0.3, 0.4) is 0 Å². The van der Waals surface area contributed by atoms with Crippen LogP contribution in [0.2, 0.25) is 0 Å². The molecule has 0 aromatic heterocycles. The van der Waals surface area contributed by atoms with Gasteiger partial charge in [0, 0.05) is 6.07 Å². The van der Waals surface area contributed by atoms with Gasteiger partial charge in [-0.15, -0.1) is 0 Å². The normalized spacial score (nSPS) is 13.9. The van der Waals surface area contributed by atoms with E-state index in [4.69, 9.17) is 16.2 Å². The summed E-state index contributed by atoms with van der Waals surface area (Å²) in [4.78, 5) is 11.0. The zero-order valence-corrected chi connectivity index (χ0v) is 11.4. The number of rotatable bonds is 7. The van der Waals surface area contributed by atoms with Gasteiger partial charge >= 0.3 is 0 Å². The molecule has 1 atom stereocenters. The summed E-state index contributed by atoms with van der Waals surface area (Å²) in [7, 11) is 0. The van der Waals surface area contributed by atoms with Gasteiger partial charge in [0.25, 0.3) is 0 Å². The summed E-state index contributed by atoms with van der Waals surface area (Å²) in [6, 6.07) is 4.77. The maximum absolute atomic E-state index is 13.3. The van der Waals surface area contributed by atoms with E-state index >= 15 is 0 Å². The molecule has 5 heteroatoms. The Morgan fingerprint density at radius 3 is 2.68 bits per heavy atom. The Hall–Kier alpha value is -1.62. The topological polar surface area (TPSA) is 78.3 Å². The van der Waals surface area contributed by atoms with E-state index in [1.54, 1.807) is 26.0 Å². The molecule has 0 spiro atoms. The van der Waals surface area contributed by atoms with E-state index in [0.717, 1.165) is 12.8 Å². The van der Waals surface area contributed by atoms with Crippen molar-refractivity contribution in [1.29, 1.82) is 0 Å². The van der Waals surface area contributed by atoms with Gasteiger partial charge in [-0.25, -0.2) is 4.39 Å². The highest BCUT2D eigenvalue weighted by molar-refractivity contribution is 5.83. The maximum Gasteiger partial charge on any atom is 0.237 e. The van der Waals surface area contributed by atoms with Crippen LogP contribution in [0.25, 0.3) is 0 Å². The number of nitrogens with two attached hydrogens (primary N) is 2. The van der Waals surface area contributed by atoms with Crippen molar-refractivity contribution in [2.24, 2.45) is 11.5 Å². The molecule has 4 nitrogen and oxygen atoms in total. The highest BCUT2D eigenvalue weighted by Gasteiger charge is 2.24. The molecule has 0 saturated carbocycles. The molecule has 106 valence electrons. The van der Waals surface area contributed by atoms with Gasteiger partial charge in [-0.05, 0) is 44.7 Å². The van der Waals surface area contributed by atoms with Crippen LogP contribution >= 0.6 is 0 Å². The largest absolute Gasteiger partial charge is 0.493 e. The Morgan fingerprint density at radius 2 is 2.11 bits per heavy atom. The van der Waals surface area contributed by atoms with E-state index in [0.29, 0.717) is 24.3 Å². The summed E-state index contributed by atoms with van der Waals surface area (Å²) < 4.78 is 18.7. The number of halogens is 1. The molecule has 0 aliphatic heterocycles. The van der Waals surface area contributed by atoms with Crippen molar-refractivity contribution in [3.05, 3.63) is 29.6 Å². The average molecular weight is 268 g/mol. The van der Waals surface area contributed by atoms with Gasteiger partial charge in [-0.3, -0.25) is 4.79 Å². The summed E-state index contributed by atoms with van der Waals surface area (Å²) in [5, 5.41) is 0. The lowest BCUT2D eigenvalue weighted by Crippen LogP contribution is -2.49. The fourth-order valence-electron chi connectivity index (χ4n) is 1.57. The average Bonchev–Trinajstić information content (AvgIpc) is 2.33. The van der Waals surface area contributed by atoms with Crippen LogP contribution in [0.5, 0.6) is 5.75 Å². The van der Waals surface area contributed by atoms with Crippen LogP contribution in [0.4, 0.5) is 4.39 Å². The fourth-order valence-corrected chi connectivity index (χ4v) is 1.57. The highest BCUT2D eigenvalue weighted by Crippen LogP contribution is 2.16. The standard InChI is InChI=1S/C14H21FN2O2/c1-10-5-6-11(9-12(10)15)19-8-4-3-7-14(2,17)13(16)18/h5-6,9H,3-4,7-8,17H2,1-2H3,(H2,16,18). The predicted molar refractivity (Wildman–Crippen MR) is 72.3 cm³/mol. The molecule has 0 radical (unpaired) electrons. The number of unbranched alkanes of at least 4 members (excludes halogenated alkanes) is 1. The Kier molecular flexibility index (Phi) is 5.30. The molecule has 0 saturated heterocycles. The summed E-state index contributed by atoms with van der Waals surface area (Å²) in [6.45, 7) is 3.77. The van der Waals surface area contributed by atoms with Gasteiger partial charge in [0.2, 0.25) is 5.91 Å². The number of amides is 1. The van der Waals surface area contributed by atoms with Crippen LogP contribution in [0, 0.1) is 12.7 Å². The number of carbonyl (C=O) groups excluding carboxylic acids is 1. The maximum atomic E-state index is 13.3. The Labute approximate surface area is 112 Å². The molecule has 1 unspecified atom stereocenters. The first-order valence-electron chi connectivity index (χ1n) is 6.30. The second kappa shape index (κ2) is 6.52. The molecule has 1 aromatic carbocycles. The molecule has 0 bridgehead atoms. The lowest BCUT2D eigenvalue weighted by molar-refractivity contribution is -0.122. The predicted octanol–water partition coefficient (Wildman–Crippen LogP) is 1.89. The lowest BCUT2D eigenvalue weighted by atomic mass is 9.96. The lowest BCUT2D eigenvalue weighted by Gasteiger charge is -2.19. The monoisotopic (exact) mass is 268 g/mol. The molecule has 4 N–H and O–H groups in total. The fraction of sp³-hybridized carbons (Fsp3) is 0.500. The minimum absolute atomic E-state index is 0.277. The van der Waals surface area contributed by atoms with Crippen LogP contribution in [0.1, 0.15) is 31.7 Å². The Balaban J connectivity index is 2.28. The van der Waals surface area contributed by atoms with E-state index in [-0.39, 0.29) is 5.82 Å². The molecule has 0 heterocycles. The molecular weight excluding hydrogens is 247 g/mol. The van der Waals surface area contributed by atoms with Gasteiger partial charge in [0.1, 0.15) is 11.6 Å². The third-order valence-corrected chi connectivity index (χ3v) is 3.07. The minimum atomic E-state index is -0.976. The van der Waals surface area contributed by atoms with Crippen LogP contribution in [0.15, 0.2) is 18.2 Å². The molecule has 1 rings (SSSR count). The Bertz CT molecular complexity index is 447. The number of hydrogen-bond acceptors (Lipinski definition) is 3. The van der Waals surface area contributed by atoms with Crippen LogP contribution < -0.4 is 16.2 Å². The van der Waals surface area contributed by atoms with E-state index in [2.05, 4.69) is 0 Å². The number of primary amides is 1. The van der Waals surface area contributed by atoms with Crippen molar-refractivity contribution in [3.8, 4) is 5.75 Å². The number of benzene rings is 1. The molecule has 0 aliphatic rings. The third-order valence-electron chi connectivity index (χ3n) is 3.07. The number of aryl methyl sites for hydroxylation is 1. The van der Waals surface area contributed by atoms with Crippen molar-refractivity contribution in [1.82, 2.24) is 0 Å². The summed E-state index contributed by atoms with van der Waals surface area (Å²) in [5.41, 5.74) is 10.5. The van der Waals surface area contributed by atoms with Crippen molar-refractivity contribution < 1.29 is 13.9 Å². The zero-order valence-electron chi connectivity index (χ0n) is 11.4. The number of ether oxygens (including phenoxy) is 1. The summed E-state index contributed by atoms with van der Waals surface area (Å²) in [6.07, 6.45) is 1.97. The van der Waals surface area contributed by atoms with Gasteiger partial charge < -0.3 is 16.2 Å². The minimum Gasteiger partial charge on any atom is -0.493 e. The molecular formula is C14H21FN2O2. The third kappa shape index (κ3) is 4.87. The van der Waals surface area contributed by atoms with Crippen LogP contribution in [-0.2, 0) is 4.79 Å². The molecule has 1 aromatic rings. The van der Waals surface area contributed by atoms with Crippen molar-refractivity contribution in [3.63, 3.8) is 0 Å². The van der Waals surface area contributed by atoms with Gasteiger partial charge in [0.15, 0.2) is 0 Å². The van der Waals surface area contributed by atoms with Gasteiger partial charge in [-0.1, -0.05) is 6.07 Å². The van der Waals surface area contributed by atoms with E-state index in [1.807, 2.05) is 0 Å². The van der Waals surface area contributed by atoms with E-state index in [1.165, 1.54) is 6.07 Å². The first kappa shape index (κ1) is 15.4. The quantitative estimate of drug-likeness (QED) is 0.741. The van der Waals surface area contributed by atoms with E-state index < -0.39 is 11.4 Å². The molecule has 0 aliphatic carbocycles. The first-order chi connectivity index (χ1) is 8.83. The molecule has 1 amide bonds. The second-order valence-electron chi connectivity index (χ2n) is 5.00. The SMILES string of the molecule is Cc1ccc(OCCCCC(C)(N)C(N)=O)cc1F. The van der Waals surface area contributed by atoms with Crippen molar-refractivity contribution in [2.75, 3.05) is 6.61 Å². The number of hydrogen-bond donors (Lipinski definition) is 2. The summed E-state index contributed by atoms with van der Waals surface area (Å²) >= 11 is 0. The van der Waals surface area contributed by atoms with Gasteiger partial charge in [0.05, 0.1) is 12.1 Å². The van der Waals surface area contributed by atoms with Gasteiger partial charge in [-0.2, -0.15) is 0 Å². The molecule has 0 fully saturated rings. The van der Waals surface area contributed by atoms with Crippen molar-refractivity contribution in [2.45, 2.75) is 38.6 Å².